The lowest BCUT2D eigenvalue weighted by Gasteiger charge is -2.36. The van der Waals surface area contributed by atoms with Gasteiger partial charge in [-0.3, -0.25) is 0 Å². The van der Waals surface area contributed by atoms with Gasteiger partial charge in [-0.1, -0.05) is 13.3 Å². The Morgan fingerprint density at radius 1 is 0.542 bits per heavy atom. The number of hydrogen-bond acceptors (Lipinski definition) is 10. The third-order valence-corrected chi connectivity index (χ3v) is 4.06. The van der Waals surface area contributed by atoms with Crippen LogP contribution >= 0.6 is 0 Å². The van der Waals surface area contributed by atoms with Gasteiger partial charge in [0.2, 0.25) is 0 Å². The maximum atomic E-state index is 10.2. The van der Waals surface area contributed by atoms with Crippen molar-refractivity contribution >= 4 is 0 Å². The van der Waals surface area contributed by atoms with Gasteiger partial charge in [-0.15, -0.1) is 0 Å². The summed E-state index contributed by atoms with van der Waals surface area (Å²) in [5, 5.41) is 95.5. The van der Waals surface area contributed by atoms with E-state index in [4.69, 9.17) is 10.2 Å². The summed E-state index contributed by atoms with van der Waals surface area (Å²) >= 11 is 0. The van der Waals surface area contributed by atoms with Gasteiger partial charge >= 0.3 is 0 Å². The Hall–Kier alpha value is -0.400. The fourth-order valence-corrected chi connectivity index (χ4v) is 2.46. The SMILES string of the molecule is CCCC(C(O)[C@H](O)[C@@H](O)[C@H](O)CO)C(O)[C@H](O)[C@@H](O)[C@H](O)CO. The highest BCUT2D eigenvalue weighted by molar-refractivity contribution is 4.92. The molecule has 0 aliphatic heterocycles. The number of aliphatic hydroxyl groups is 10. The molecule has 0 fully saturated rings. The zero-order chi connectivity index (χ0) is 19.0. The lowest BCUT2D eigenvalue weighted by atomic mass is 9.82. The van der Waals surface area contributed by atoms with Crippen molar-refractivity contribution < 1.29 is 51.1 Å². The van der Waals surface area contributed by atoms with E-state index in [9.17, 15) is 40.9 Å². The van der Waals surface area contributed by atoms with E-state index in [0.29, 0.717) is 6.42 Å². The molecule has 146 valence electrons. The third-order valence-electron chi connectivity index (χ3n) is 4.06. The molecule has 0 amide bonds. The summed E-state index contributed by atoms with van der Waals surface area (Å²) in [6, 6.07) is 0. The Balaban J connectivity index is 5.17. The molecule has 0 aromatic carbocycles. The van der Waals surface area contributed by atoms with Crippen LogP contribution < -0.4 is 0 Å². The highest BCUT2D eigenvalue weighted by atomic mass is 16.4. The minimum atomic E-state index is -1.94. The van der Waals surface area contributed by atoms with Crippen LogP contribution in [0.4, 0.5) is 0 Å². The van der Waals surface area contributed by atoms with E-state index in [1.54, 1.807) is 6.92 Å². The van der Waals surface area contributed by atoms with E-state index in [0.717, 1.165) is 0 Å². The van der Waals surface area contributed by atoms with Crippen LogP contribution in [0.15, 0.2) is 0 Å². The first kappa shape index (κ1) is 23.6. The van der Waals surface area contributed by atoms with Gasteiger partial charge in [0, 0.05) is 5.92 Å². The fraction of sp³-hybridized carbons (Fsp3) is 1.00. The number of rotatable bonds is 12. The van der Waals surface area contributed by atoms with Gasteiger partial charge in [0.25, 0.3) is 0 Å². The predicted molar refractivity (Wildman–Crippen MR) is 80.6 cm³/mol. The molecule has 0 radical (unpaired) electrons. The predicted octanol–water partition coefficient (Wildman–Crippen LogP) is -4.73. The summed E-state index contributed by atoms with van der Waals surface area (Å²) in [7, 11) is 0. The largest absolute Gasteiger partial charge is 0.394 e. The molecule has 0 aromatic rings. The highest BCUT2D eigenvalue weighted by Crippen LogP contribution is 2.25. The number of aliphatic hydroxyl groups excluding tert-OH is 10. The van der Waals surface area contributed by atoms with E-state index < -0.39 is 68.0 Å². The Labute approximate surface area is 139 Å². The van der Waals surface area contributed by atoms with E-state index in [1.807, 2.05) is 0 Å². The smallest absolute Gasteiger partial charge is 0.110 e. The van der Waals surface area contributed by atoms with Crippen molar-refractivity contribution in [2.24, 2.45) is 5.92 Å². The molecule has 0 heterocycles. The van der Waals surface area contributed by atoms with Gasteiger partial charge in [-0.25, -0.2) is 0 Å². The zero-order valence-electron chi connectivity index (χ0n) is 13.5. The molecule has 0 spiro atoms. The maximum Gasteiger partial charge on any atom is 0.110 e. The van der Waals surface area contributed by atoms with Crippen molar-refractivity contribution in [2.75, 3.05) is 13.2 Å². The van der Waals surface area contributed by atoms with Crippen LogP contribution in [0.25, 0.3) is 0 Å². The molecular weight excluding hydrogens is 328 g/mol. The van der Waals surface area contributed by atoms with Gasteiger partial charge in [-0.2, -0.15) is 0 Å². The summed E-state index contributed by atoms with van der Waals surface area (Å²) in [4.78, 5) is 0. The monoisotopic (exact) mass is 358 g/mol. The van der Waals surface area contributed by atoms with Crippen LogP contribution in [0.5, 0.6) is 0 Å². The van der Waals surface area contributed by atoms with Crippen LogP contribution in [0.3, 0.4) is 0 Å². The minimum absolute atomic E-state index is 0.0698. The van der Waals surface area contributed by atoms with Gasteiger partial charge in [-0.05, 0) is 6.42 Å². The first-order chi connectivity index (χ1) is 11.1. The van der Waals surface area contributed by atoms with Crippen LogP contribution in [-0.2, 0) is 0 Å². The van der Waals surface area contributed by atoms with Crippen molar-refractivity contribution in [2.45, 2.75) is 68.6 Å². The van der Waals surface area contributed by atoms with Crippen LogP contribution in [0.2, 0.25) is 0 Å². The Morgan fingerprint density at radius 2 is 0.875 bits per heavy atom. The Kier molecular flexibility index (Phi) is 11.1. The van der Waals surface area contributed by atoms with Crippen LogP contribution in [0, 0.1) is 5.92 Å². The minimum Gasteiger partial charge on any atom is -0.394 e. The third kappa shape index (κ3) is 6.15. The second-order valence-corrected chi connectivity index (χ2v) is 5.90. The molecule has 2 unspecified atom stereocenters. The lowest BCUT2D eigenvalue weighted by molar-refractivity contribution is -0.168. The van der Waals surface area contributed by atoms with Crippen molar-refractivity contribution in [3.8, 4) is 0 Å². The molecule has 10 N–H and O–H groups in total. The average molecular weight is 358 g/mol. The van der Waals surface area contributed by atoms with Crippen molar-refractivity contribution in [3.05, 3.63) is 0 Å². The average Bonchev–Trinajstić information content (AvgIpc) is 2.60. The van der Waals surface area contributed by atoms with Crippen molar-refractivity contribution in [3.63, 3.8) is 0 Å². The van der Waals surface area contributed by atoms with E-state index in [-0.39, 0.29) is 6.42 Å². The first-order valence-electron chi connectivity index (χ1n) is 7.80. The summed E-state index contributed by atoms with van der Waals surface area (Å²) < 4.78 is 0. The molecule has 0 saturated heterocycles. The Morgan fingerprint density at radius 3 is 1.12 bits per heavy atom. The van der Waals surface area contributed by atoms with Crippen LogP contribution in [0.1, 0.15) is 19.8 Å². The number of hydrogen-bond donors (Lipinski definition) is 10. The molecule has 0 aliphatic carbocycles. The van der Waals surface area contributed by atoms with Gasteiger partial charge < -0.3 is 51.1 Å². The molecule has 10 nitrogen and oxygen atoms in total. The van der Waals surface area contributed by atoms with E-state index >= 15 is 0 Å². The summed E-state index contributed by atoms with van der Waals surface area (Å²) in [6.45, 7) is -0.0465. The molecule has 0 saturated carbocycles. The van der Waals surface area contributed by atoms with Crippen molar-refractivity contribution in [1.82, 2.24) is 0 Å². The van der Waals surface area contributed by atoms with Crippen molar-refractivity contribution in [1.29, 1.82) is 0 Å². The second-order valence-electron chi connectivity index (χ2n) is 5.90. The molecule has 8 atom stereocenters. The molecule has 0 bridgehead atoms. The normalized spacial score (nSPS) is 23.6. The van der Waals surface area contributed by atoms with Gasteiger partial charge in [0.15, 0.2) is 0 Å². The topological polar surface area (TPSA) is 202 Å². The first-order valence-corrected chi connectivity index (χ1v) is 7.80. The molecule has 0 aliphatic rings. The Bertz CT molecular complexity index is 303. The molecule has 0 aromatic heterocycles. The highest BCUT2D eigenvalue weighted by Gasteiger charge is 2.42. The quantitative estimate of drug-likeness (QED) is 0.161. The fourth-order valence-electron chi connectivity index (χ4n) is 2.46. The molecular formula is C14H30O10. The van der Waals surface area contributed by atoms with E-state index in [1.165, 1.54) is 0 Å². The maximum absolute atomic E-state index is 10.2. The standard InChI is InChI=1S/C14H30O10/c1-2-3-6(9(19)13(23)11(21)7(17)4-15)10(20)14(24)12(22)8(18)5-16/h6-24H,2-5H2,1H3/t6?,7-,8-,9?,10?,11+,12+,13+,14+/m1/s1. The van der Waals surface area contributed by atoms with Crippen LogP contribution in [-0.4, -0.2) is 113 Å². The molecule has 24 heavy (non-hydrogen) atoms. The molecule has 10 heteroatoms. The van der Waals surface area contributed by atoms with Gasteiger partial charge in [0.1, 0.15) is 36.6 Å². The summed E-state index contributed by atoms with van der Waals surface area (Å²) in [5.41, 5.74) is 0. The zero-order valence-corrected chi connectivity index (χ0v) is 13.5. The van der Waals surface area contributed by atoms with E-state index in [2.05, 4.69) is 0 Å². The second kappa shape index (κ2) is 11.3. The molecule has 0 rings (SSSR count). The summed E-state index contributed by atoms with van der Waals surface area (Å²) in [5.74, 6) is -1.22. The van der Waals surface area contributed by atoms with Gasteiger partial charge in [0.05, 0.1) is 25.4 Å². The summed E-state index contributed by atoms with van der Waals surface area (Å²) in [6.07, 6.45) is -14.3. The lowest BCUT2D eigenvalue weighted by Crippen LogP contribution is -2.55.